The van der Waals surface area contributed by atoms with Crippen LogP contribution in [-0.4, -0.2) is 51.1 Å². The van der Waals surface area contributed by atoms with Crippen molar-refractivity contribution < 1.29 is 14.3 Å². The van der Waals surface area contributed by atoms with Crippen LogP contribution in [0.25, 0.3) is 0 Å². The Hall–Kier alpha value is -2.24. The second kappa shape index (κ2) is 7.52. The summed E-state index contributed by atoms with van der Waals surface area (Å²) >= 11 is 0. The molecule has 1 aromatic carbocycles. The van der Waals surface area contributed by atoms with E-state index >= 15 is 0 Å². The van der Waals surface area contributed by atoms with Gasteiger partial charge < -0.3 is 20.3 Å². The van der Waals surface area contributed by atoms with Crippen LogP contribution in [0.5, 0.6) is 0 Å². The van der Waals surface area contributed by atoms with Crippen molar-refractivity contribution in [3.63, 3.8) is 0 Å². The van der Waals surface area contributed by atoms with Crippen molar-refractivity contribution in [1.82, 2.24) is 4.90 Å². The average molecular weight is 293 g/mol. The second-order valence-electron chi connectivity index (χ2n) is 4.97. The molecule has 0 aromatic heterocycles. The minimum absolute atomic E-state index is 0.0646. The van der Waals surface area contributed by atoms with Crippen LogP contribution in [0, 0.1) is 0 Å². The number of nitrogens with two attached hydrogens (primary N) is 1. The number of benzene rings is 1. The Morgan fingerprint density at radius 2 is 1.95 bits per heavy atom. The van der Waals surface area contributed by atoms with E-state index in [4.69, 9.17) is 5.73 Å². The zero-order valence-electron chi connectivity index (χ0n) is 13.0. The Morgan fingerprint density at radius 3 is 2.48 bits per heavy atom. The van der Waals surface area contributed by atoms with Crippen LogP contribution in [0.2, 0.25) is 0 Å². The normalized spacial score (nSPS) is 10.1. The number of amides is 1. The monoisotopic (exact) mass is 293 g/mol. The van der Waals surface area contributed by atoms with E-state index in [1.165, 1.54) is 12.0 Å². The van der Waals surface area contributed by atoms with Crippen molar-refractivity contribution in [3.05, 3.63) is 23.8 Å². The molecule has 1 rings (SSSR count). The molecule has 0 bridgehead atoms. The quantitative estimate of drug-likeness (QED) is 0.633. The molecule has 0 atom stereocenters. The maximum absolute atomic E-state index is 12.7. The van der Waals surface area contributed by atoms with E-state index in [9.17, 15) is 9.59 Å². The molecule has 116 valence electrons. The third-order valence-corrected chi connectivity index (χ3v) is 3.06. The first kappa shape index (κ1) is 16.8. The van der Waals surface area contributed by atoms with Crippen LogP contribution in [0.1, 0.15) is 23.7 Å². The number of anilines is 2. The number of carbonyl (C=O) groups excluding carboxylic acids is 2. The predicted octanol–water partition coefficient (Wildman–Crippen LogP) is 1.36. The minimum atomic E-state index is -0.438. The number of hydrogen-bond donors (Lipinski definition) is 1. The van der Waals surface area contributed by atoms with E-state index in [-0.39, 0.29) is 12.5 Å². The standard InChI is InChI=1S/C15H23N3O3/c1-5-8-18(10-14(19)21-4)15(20)12-9-11(16)6-7-13(12)17(2)3/h6-7,9H,5,8,10,16H2,1-4H3. The minimum Gasteiger partial charge on any atom is -0.468 e. The van der Waals surface area contributed by atoms with Gasteiger partial charge in [-0.3, -0.25) is 9.59 Å². The van der Waals surface area contributed by atoms with E-state index in [0.717, 1.165) is 12.1 Å². The number of methoxy groups -OCH3 is 1. The van der Waals surface area contributed by atoms with Gasteiger partial charge >= 0.3 is 5.97 Å². The molecule has 0 aliphatic carbocycles. The molecule has 0 spiro atoms. The first-order valence-corrected chi connectivity index (χ1v) is 6.83. The molecule has 2 N–H and O–H groups in total. The third kappa shape index (κ3) is 4.37. The van der Waals surface area contributed by atoms with Crippen LogP contribution < -0.4 is 10.6 Å². The van der Waals surface area contributed by atoms with Crippen molar-refractivity contribution in [3.8, 4) is 0 Å². The van der Waals surface area contributed by atoms with Gasteiger partial charge in [-0.2, -0.15) is 0 Å². The van der Waals surface area contributed by atoms with Gasteiger partial charge in [0, 0.05) is 32.0 Å². The van der Waals surface area contributed by atoms with Gasteiger partial charge in [0.15, 0.2) is 0 Å². The summed E-state index contributed by atoms with van der Waals surface area (Å²) in [6.07, 6.45) is 0.752. The summed E-state index contributed by atoms with van der Waals surface area (Å²) < 4.78 is 4.65. The summed E-state index contributed by atoms with van der Waals surface area (Å²) in [5.41, 5.74) is 7.55. The molecular formula is C15H23N3O3. The smallest absolute Gasteiger partial charge is 0.325 e. The molecule has 1 amide bonds. The van der Waals surface area contributed by atoms with Gasteiger partial charge in [-0.15, -0.1) is 0 Å². The van der Waals surface area contributed by atoms with Gasteiger partial charge in [-0.25, -0.2) is 0 Å². The summed E-state index contributed by atoms with van der Waals surface area (Å²) in [6.45, 7) is 2.37. The highest BCUT2D eigenvalue weighted by atomic mass is 16.5. The molecule has 21 heavy (non-hydrogen) atoms. The SMILES string of the molecule is CCCN(CC(=O)OC)C(=O)c1cc(N)ccc1N(C)C. The lowest BCUT2D eigenvalue weighted by Crippen LogP contribution is -2.37. The van der Waals surface area contributed by atoms with E-state index < -0.39 is 5.97 Å². The Balaban J connectivity index is 3.13. The number of ether oxygens (including phenoxy) is 1. The molecule has 6 heteroatoms. The Morgan fingerprint density at radius 1 is 1.29 bits per heavy atom. The van der Waals surface area contributed by atoms with Crippen molar-refractivity contribution in [2.24, 2.45) is 0 Å². The largest absolute Gasteiger partial charge is 0.468 e. The third-order valence-electron chi connectivity index (χ3n) is 3.06. The van der Waals surface area contributed by atoms with Crippen molar-refractivity contribution in [1.29, 1.82) is 0 Å². The highest BCUT2D eigenvalue weighted by molar-refractivity contribution is 6.01. The fraction of sp³-hybridized carbons (Fsp3) is 0.467. The van der Waals surface area contributed by atoms with E-state index in [0.29, 0.717) is 17.8 Å². The van der Waals surface area contributed by atoms with E-state index in [1.54, 1.807) is 18.2 Å². The highest BCUT2D eigenvalue weighted by Crippen LogP contribution is 2.23. The lowest BCUT2D eigenvalue weighted by atomic mass is 10.1. The van der Waals surface area contributed by atoms with Gasteiger partial charge in [-0.05, 0) is 24.6 Å². The number of rotatable bonds is 6. The zero-order valence-corrected chi connectivity index (χ0v) is 13.0. The summed E-state index contributed by atoms with van der Waals surface area (Å²) in [7, 11) is 5.02. The lowest BCUT2D eigenvalue weighted by molar-refractivity contribution is -0.141. The molecule has 0 saturated carbocycles. The number of esters is 1. The molecule has 0 radical (unpaired) electrons. The summed E-state index contributed by atoms with van der Waals surface area (Å²) in [5, 5.41) is 0. The molecule has 0 heterocycles. The van der Waals surface area contributed by atoms with Gasteiger partial charge in [0.25, 0.3) is 5.91 Å². The van der Waals surface area contributed by atoms with Crippen LogP contribution in [0.3, 0.4) is 0 Å². The van der Waals surface area contributed by atoms with E-state index in [1.807, 2.05) is 25.9 Å². The van der Waals surface area contributed by atoms with Crippen molar-refractivity contribution in [2.45, 2.75) is 13.3 Å². The summed E-state index contributed by atoms with van der Waals surface area (Å²) in [4.78, 5) is 27.5. The Labute approximate surface area is 125 Å². The number of nitrogen functional groups attached to an aromatic ring is 1. The molecular weight excluding hydrogens is 270 g/mol. The Bertz CT molecular complexity index is 515. The van der Waals surface area contributed by atoms with Crippen molar-refractivity contribution >= 4 is 23.3 Å². The molecule has 6 nitrogen and oxygen atoms in total. The van der Waals surface area contributed by atoms with Crippen molar-refractivity contribution in [2.75, 3.05) is 44.9 Å². The first-order valence-electron chi connectivity index (χ1n) is 6.83. The first-order chi connectivity index (χ1) is 9.90. The molecule has 1 aromatic rings. The topological polar surface area (TPSA) is 75.9 Å². The van der Waals surface area contributed by atoms with Crippen LogP contribution in [0.15, 0.2) is 18.2 Å². The number of hydrogen-bond acceptors (Lipinski definition) is 5. The number of carbonyl (C=O) groups is 2. The van der Waals surface area contributed by atoms with Gasteiger partial charge in [0.2, 0.25) is 0 Å². The molecule has 0 aliphatic heterocycles. The summed E-state index contributed by atoms with van der Waals surface area (Å²) in [6, 6.07) is 5.18. The van der Waals surface area contributed by atoms with Gasteiger partial charge in [-0.1, -0.05) is 6.92 Å². The molecule has 0 fully saturated rings. The summed E-state index contributed by atoms with van der Waals surface area (Å²) in [5.74, 6) is -0.662. The molecule has 0 aliphatic rings. The predicted molar refractivity (Wildman–Crippen MR) is 83.4 cm³/mol. The zero-order chi connectivity index (χ0) is 16.0. The number of nitrogens with zero attached hydrogens (tertiary/aromatic N) is 2. The van der Waals surface area contributed by atoms with Gasteiger partial charge in [0.05, 0.1) is 12.7 Å². The fourth-order valence-electron chi connectivity index (χ4n) is 2.03. The second-order valence-corrected chi connectivity index (χ2v) is 4.97. The maximum atomic E-state index is 12.7. The van der Waals surface area contributed by atoms with Crippen LogP contribution in [-0.2, 0) is 9.53 Å². The van der Waals surface area contributed by atoms with Gasteiger partial charge in [0.1, 0.15) is 6.54 Å². The maximum Gasteiger partial charge on any atom is 0.325 e. The highest BCUT2D eigenvalue weighted by Gasteiger charge is 2.22. The Kier molecular flexibility index (Phi) is 6.02. The molecule has 0 saturated heterocycles. The van der Waals surface area contributed by atoms with Crippen LogP contribution >= 0.6 is 0 Å². The van der Waals surface area contributed by atoms with E-state index in [2.05, 4.69) is 4.74 Å². The van der Waals surface area contributed by atoms with Crippen LogP contribution in [0.4, 0.5) is 11.4 Å². The lowest BCUT2D eigenvalue weighted by Gasteiger charge is -2.24. The fourth-order valence-corrected chi connectivity index (χ4v) is 2.03. The molecule has 0 unspecified atom stereocenters. The average Bonchev–Trinajstić information content (AvgIpc) is 2.45.